The van der Waals surface area contributed by atoms with Crippen molar-refractivity contribution in [3.63, 3.8) is 0 Å². The lowest BCUT2D eigenvalue weighted by atomic mass is 10.2. The fraction of sp³-hybridized carbons (Fsp3) is 0.100. The topological polar surface area (TPSA) is 63.2 Å². The minimum absolute atomic E-state index is 0.00983. The number of carbonyl (C=O) groups is 1. The zero-order chi connectivity index (χ0) is 20.1. The van der Waals surface area contributed by atoms with Crippen molar-refractivity contribution >= 4 is 17.3 Å². The summed E-state index contributed by atoms with van der Waals surface area (Å²) in [5, 5.41) is 5.56. The number of rotatable bonds is 5. The lowest BCUT2D eigenvalue weighted by Crippen LogP contribution is -2.14. The van der Waals surface area contributed by atoms with Gasteiger partial charge in [0.15, 0.2) is 0 Å². The van der Waals surface area contributed by atoms with Crippen molar-refractivity contribution in [3.8, 4) is 11.6 Å². The molecule has 28 heavy (non-hydrogen) atoms. The Hall–Kier alpha value is -3.55. The predicted octanol–water partition coefficient (Wildman–Crippen LogP) is 5.19. The molecule has 2 aromatic carbocycles. The number of halogens is 3. The van der Waals surface area contributed by atoms with Crippen LogP contribution in [0, 0.1) is 0 Å². The summed E-state index contributed by atoms with van der Waals surface area (Å²) < 4.78 is 44.1. The molecule has 8 heteroatoms. The smallest absolute Gasteiger partial charge is 0.416 e. The van der Waals surface area contributed by atoms with E-state index in [0.29, 0.717) is 11.4 Å². The predicted molar refractivity (Wildman–Crippen MR) is 99.7 cm³/mol. The van der Waals surface area contributed by atoms with Gasteiger partial charge in [0.1, 0.15) is 11.4 Å². The standard InChI is InChI=1S/C20H16F3N3O2/c1-24-15-11-17(19(27)25-14-7-3-2-4-8-14)26-18(12-15)28-16-9-5-6-13(10-16)20(21,22)23/h2-12H,1H3,(H,24,26)(H,25,27). The monoisotopic (exact) mass is 387 g/mol. The van der Waals surface area contributed by atoms with E-state index in [4.69, 9.17) is 4.74 Å². The van der Waals surface area contributed by atoms with Gasteiger partial charge in [-0.1, -0.05) is 24.3 Å². The molecule has 3 rings (SSSR count). The van der Waals surface area contributed by atoms with Crippen LogP contribution in [0.2, 0.25) is 0 Å². The van der Waals surface area contributed by atoms with Crippen molar-refractivity contribution in [1.29, 1.82) is 0 Å². The molecule has 0 aliphatic rings. The van der Waals surface area contributed by atoms with Gasteiger partial charge in [0.2, 0.25) is 5.88 Å². The summed E-state index contributed by atoms with van der Waals surface area (Å²) in [4.78, 5) is 16.6. The maximum absolute atomic E-state index is 12.9. The normalized spacial score (nSPS) is 11.0. The van der Waals surface area contributed by atoms with Crippen LogP contribution >= 0.6 is 0 Å². The highest BCUT2D eigenvalue weighted by Gasteiger charge is 2.30. The molecule has 0 aliphatic heterocycles. The van der Waals surface area contributed by atoms with Gasteiger partial charge in [-0.15, -0.1) is 0 Å². The average molecular weight is 387 g/mol. The number of ether oxygens (including phenoxy) is 1. The molecule has 5 nitrogen and oxygen atoms in total. The maximum atomic E-state index is 12.9. The molecular formula is C20H16F3N3O2. The second kappa shape index (κ2) is 7.99. The van der Waals surface area contributed by atoms with E-state index in [0.717, 1.165) is 12.1 Å². The Morgan fingerprint density at radius 2 is 1.71 bits per heavy atom. The number of hydrogen-bond donors (Lipinski definition) is 2. The minimum Gasteiger partial charge on any atom is -0.439 e. The molecule has 1 aromatic heterocycles. The maximum Gasteiger partial charge on any atom is 0.416 e. The Balaban J connectivity index is 1.86. The number of nitrogens with zero attached hydrogens (tertiary/aromatic N) is 1. The van der Waals surface area contributed by atoms with Crippen molar-refractivity contribution in [1.82, 2.24) is 4.98 Å². The molecule has 0 bridgehead atoms. The molecule has 1 heterocycles. The first-order valence-electron chi connectivity index (χ1n) is 8.26. The summed E-state index contributed by atoms with van der Waals surface area (Å²) in [7, 11) is 1.64. The number of para-hydroxylation sites is 1. The lowest BCUT2D eigenvalue weighted by Gasteiger charge is -2.12. The van der Waals surface area contributed by atoms with E-state index in [2.05, 4.69) is 15.6 Å². The highest BCUT2D eigenvalue weighted by atomic mass is 19.4. The average Bonchev–Trinajstić information content (AvgIpc) is 2.68. The molecule has 0 spiro atoms. The van der Waals surface area contributed by atoms with Crippen molar-refractivity contribution < 1.29 is 22.7 Å². The van der Waals surface area contributed by atoms with E-state index < -0.39 is 17.6 Å². The molecule has 0 saturated heterocycles. The molecule has 0 aliphatic carbocycles. The van der Waals surface area contributed by atoms with E-state index in [-0.39, 0.29) is 17.3 Å². The van der Waals surface area contributed by atoms with E-state index >= 15 is 0 Å². The number of hydrogen-bond acceptors (Lipinski definition) is 4. The zero-order valence-corrected chi connectivity index (χ0v) is 14.7. The lowest BCUT2D eigenvalue weighted by molar-refractivity contribution is -0.137. The molecule has 0 radical (unpaired) electrons. The summed E-state index contributed by atoms with van der Waals surface area (Å²) in [5.74, 6) is -0.522. The van der Waals surface area contributed by atoms with Crippen LogP contribution in [0.15, 0.2) is 66.7 Å². The third kappa shape index (κ3) is 4.79. The number of anilines is 2. The van der Waals surface area contributed by atoms with Gasteiger partial charge < -0.3 is 15.4 Å². The fourth-order valence-electron chi connectivity index (χ4n) is 2.39. The van der Waals surface area contributed by atoms with Crippen molar-refractivity contribution in [2.24, 2.45) is 0 Å². The second-order valence-electron chi connectivity index (χ2n) is 5.78. The molecule has 144 valence electrons. The Bertz CT molecular complexity index is 976. The summed E-state index contributed by atoms with van der Waals surface area (Å²) in [5.41, 5.74) is 0.328. The summed E-state index contributed by atoms with van der Waals surface area (Å²) >= 11 is 0. The number of carbonyl (C=O) groups excluding carboxylic acids is 1. The SMILES string of the molecule is CNc1cc(Oc2cccc(C(F)(F)F)c2)nc(C(=O)Nc2ccccc2)c1. The van der Waals surface area contributed by atoms with E-state index in [9.17, 15) is 18.0 Å². The van der Waals surface area contributed by atoms with Gasteiger partial charge >= 0.3 is 6.18 Å². The molecular weight excluding hydrogens is 371 g/mol. The fourth-order valence-corrected chi connectivity index (χ4v) is 2.39. The van der Waals surface area contributed by atoms with Crippen molar-refractivity contribution in [2.75, 3.05) is 17.7 Å². The Kier molecular flexibility index (Phi) is 5.49. The third-order valence-electron chi connectivity index (χ3n) is 3.74. The van der Waals surface area contributed by atoms with Gasteiger partial charge in [-0.2, -0.15) is 13.2 Å². The first-order valence-corrected chi connectivity index (χ1v) is 8.26. The van der Waals surface area contributed by atoms with E-state index in [1.807, 2.05) is 6.07 Å². The van der Waals surface area contributed by atoms with E-state index in [1.165, 1.54) is 24.3 Å². The first kappa shape index (κ1) is 19.2. The summed E-state index contributed by atoms with van der Waals surface area (Å²) in [6, 6.07) is 16.2. The van der Waals surface area contributed by atoms with Gasteiger partial charge in [-0.25, -0.2) is 4.98 Å². The second-order valence-corrected chi connectivity index (χ2v) is 5.78. The van der Waals surface area contributed by atoms with Gasteiger partial charge in [0, 0.05) is 24.5 Å². The Morgan fingerprint density at radius 1 is 0.964 bits per heavy atom. The number of amides is 1. The molecule has 0 unspecified atom stereocenters. The van der Waals surface area contributed by atoms with E-state index in [1.54, 1.807) is 31.3 Å². The summed E-state index contributed by atoms with van der Waals surface area (Å²) in [6.45, 7) is 0. The molecule has 1 amide bonds. The molecule has 0 fully saturated rings. The van der Waals surface area contributed by atoms with Crippen LogP contribution in [-0.4, -0.2) is 17.9 Å². The largest absolute Gasteiger partial charge is 0.439 e. The third-order valence-corrected chi connectivity index (χ3v) is 3.74. The van der Waals surface area contributed by atoms with Crippen LogP contribution in [-0.2, 0) is 6.18 Å². The van der Waals surface area contributed by atoms with Crippen molar-refractivity contribution in [3.05, 3.63) is 78.0 Å². The van der Waals surface area contributed by atoms with Crippen LogP contribution < -0.4 is 15.4 Å². The number of nitrogens with one attached hydrogen (secondary N) is 2. The van der Waals surface area contributed by atoms with Crippen molar-refractivity contribution in [2.45, 2.75) is 6.18 Å². The van der Waals surface area contributed by atoms with Crippen LogP contribution in [0.3, 0.4) is 0 Å². The Morgan fingerprint density at radius 3 is 2.39 bits per heavy atom. The van der Waals surface area contributed by atoms with Gasteiger partial charge in [-0.3, -0.25) is 4.79 Å². The molecule has 0 atom stereocenters. The quantitative estimate of drug-likeness (QED) is 0.633. The number of pyridine rings is 1. The number of benzene rings is 2. The van der Waals surface area contributed by atoms with Gasteiger partial charge in [-0.05, 0) is 36.4 Å². The molecule has 0 saturated carbocycles. The van der Waals surface area contributed by atoms with Crippen LogP contribution in [0.4, 0.5) is 24.5 Å². The van der Waals surface area contributed by atoms with Gasteiger partial charge in [0.25, 0.3) is 5.91 Å². The Labute approximate surface area is 159 Å². The molecule has 3 aromatic rings. The zero-order valence-electron chi connectivity index (χ0n) is 14.7. The minimum atomic E-state index is -4.49. The summed E-state index contributed by atoms with van der Waals surface area (Å²) in [6.07, 6.45) is -4.49. The van der Waals surface area contributed by atoms with Crippen LogP contribution in [0.1, 0.15) is 16.1 Å². The first-order chi connectivity index (χ1) is 13.3. The highest BCUT2D eigenvalue weighted by Crippen LogP contribution is 2.32. The van der Waals surface area contributed by atoms with Crippen LogP contribution in [0.5, 0.6) is 11.6 Å². The number of aromatic nitrogens is 1. The highest BCUT2D eigenvalue weighted by molar-refractivity contribution is 6.03. The van der Waals surface area contributed by atoms with Gasteiger partial charge in [0.05, 0.1) is 5.56 Å². The van der Waals surface area contributed by atoms with Crippen LogP contribution in [0.25, 0.3) is 0 Å². The number of alkyl halides is 3. The molecule has 2 N–H and O–H groups in total.